The zero-order valence-electron chi connectivity index (χ0n) is 16.7. The molecule has 2 aromatic rings. The van der Waals surface area contributed by atoms with Crippen LogP contribution in [0.15, 0.2) is 42.0 Å². The summed E-state index contributed by atoms with van der Waals surface area (Å²) in [5, 5.41) is 4.96. The van der Waals surface area contributed by atoms with Crippen molar-refractivity contribution in [3.63, 3.8) is 0 Å². The Morgan fingerprint density at radius 2 is 1.55 bits per heavy atom. The summed E-state index contributed by atoms with van der Waals surface area (Å²) in [6, 6.07) is 10.3. The molecule has 0 aromatic heterocycles. The van der Waals surface area contributed by atoms with Gasteiger partial charge in [-0.3, -0.25) is 20.2 Å². The molecule has 2 amide bonds. The van der Waals surface area contributed by atoms with Crippen molar-refractivity contribution in [2.75, 3.05) is 27.4 Å². The third kappa shape index (κ3) is 5.65. The van der Waals surface area contributed by atoms with Gasteiger partial charge in [0.15, 0.2) is 16.6 Å². The number of thiocarbonyl (C=S) groups is 1. The third-order valence-corrected chi connectivity index (χ3v) is 4.65. The predicted octanol–water partition coefficient (Wildman–Crippen LogP) is 2.73. The van der Waals surface area contributed by atoms with Crippen molar-refractivity contribution in [2.45, 2.75) is 0 Å². The number of hydrogen-bond donors (Lipinski definition) is 2. The number of ether oxygens (including phenoxy) is 4. The fourth-order valence-corrected chi connectivity index (χ4v) is 3.17. The van der Waals surface area contributed by atoms with Crippen LogP contribution in [0.2, 0.25) is 5.02 Å². The monoisotopic (exact) mass is 462 g/mol. The van der Waals surface area contributed by atoms with Gasteiger partial charge in [-0.05, 0) is 60.3 Å². The van der Waals surface area contributed by atoms with Gasteiger partial charge in [-0.25, -0.2) is 0 Å². The summed E-state index contributed by atoms with van der Waals surface area (Å²) in [5.41, 5.74) is 0.380. The first-order valence-electron chi connectivity index (χ1n) is 9.07. The average Bonchev–Trinajstić information content (AvgIpc) is 2.75. The lowest BCUT2D eigenvalue weighted by Gasteiger charge is -2.17. The molecule has 162 valence electrons. The lowest BCUT2D eigenvalue weighted by Crippen LogP contribution is -2.51. The van der Waals surface area contributed by atoms with Gasteiger partial charge < -0.3 is 18.9 Å². The van der Waals surface area contributed by atoms with Crippen molar-refractivity contribution in [3.8, 4) is 23.0 Å². The number of benzene rings is 2. The lowest BCUT2D eigenvalue weighted by molar-refractivity contribution is -0.123. The molecular weight excluding hydrogens is 444 g/mol. The normalized spacial score (nSPS) is 13.3. The quantitative estimate of drug-likeness (QED) is 0.269. The van der Waals surface area contributed by atoms with E-state index in [4.69, 9.17) is 42.8 Å². The molecule has 0 aliphatic carbocycles. The third-order valence-electron chi connectivity index (χ3n) is 4.16. The van der Waals surface area contributed by atoms with E-state index in [2.05, 4.69) is 10.6 Å². The highest BCUT2D eigenvalue weighted by Crippen LogP contribution is 2.37. The van der Waals surface area contributed by atoms with E-state index >= 15 is 0 Å². The Bertz CT molecular complexity index is 1020. The molecule has 0 unspecified atom stereocenters. The molecule has 0 bridgehead atoms. The maximum absolute atomic E-state index is 12.0. The minimum Gasteiger partial charge on any atom is -0.497 e. The van der Waals surface area contributed by atoms with Crippen LogP contribution in [0.25, 0.3) is 6.08 Å². The second kappa shape index (κ2) is 10.1. The molecule has 2 N–H and O–H groups in total. The number of hydrogen-bond acceptors (Lipinski definition) is 7. The average molecular weight is 463 g/mol. The van der Waals surface area contributed by atoms with Crippen molar-refractivity contribution in [3.05, 3.63) is 52.6 Å². The Labute approximate surface area is 189 Å². The van der Waals surface area contributed by atoms with Gasteiger partial charge in [-0.2, -0.15) is 0 Å². The highest BCUT2D eigenvalue weighted by molar-refractivity contribution is 7.80. The molecule has 0 spiro atoms. The maximum atomic E-state index is 12.0. The van der Waals surface area contributed by atoms with Crippen LogP contribution >= 0.6 is 23.8 Å². The molecular formula is C21H19ClN2O6S. The SMILES string of the molecule is COc1ccc(OCCOc2c(Cl)cc(C=C3C(=O)NC(=S)NC3=O)cc2OC)cc1. The van der Waals surface area contributed by atoms with Crippen LogP contribution in [-0.4, -0.2) is 44.4 Å². The number of halogens is 1. The number of rotatable bonds is 8. The minimum absolute atomic E-state index is 0.0385. The summed E-state index contributed by atoms with van der Waals surface area (Å²) in [6.07, 6.45) is 1.39. The van der Waals surface area contributed by atoms with E-state index in [1.165, 1.54) is 13.2 Å². The van der Waals surface area contributed by atoms with E-state index in [0.717, 1.165) is 5.75 Å². The summed E-state index contributed by atoms with van der Waals surface area (Å²) < 4.78 is 21.8. The highest BCUT2D eigenvalue weighted by atomic mass is 35.5. The molecule has 0 saturated carbocycles. The summed E-state index contributed by atoms with van der Waals surface area (Å²) >= 11 is 11.1. The fraction of sp³-hybridized carbons (Fsp3) is 0.190. The van der Waals surface area contributed by atoms with E-state index in [9.17, 15) is 9.59 Å². The van der Waals surface area contributed by atoms with Crippen LogP contribution in [-0.2, 0) is 9.59 Å². The number of nitrogens with one attached hydrogen (secondary N) is 2. The molecule has 1 fully saturated rings. The molecule has 0 atom stereocenters. The first-order valence-corrected chi connectivity index (χ1v) is 9.85. The van der Waals surface area contributed by atoms with Crippen molar-refractivity contribution in [2.24, 2.45) is 0 Å². The summed E-state index contributed by atoms with van der Waals surface area (Å²) in [7, 11) is 3.05. The second-order valence-corrected chi connectivity index (χ2v) is 7.02. The van der Waals surface area contributed by atoms with E-state index in [-0.39, 0.29) is 28.9 Å². The molecule has 0 radical (unpaired) electrons. The van der Waals surface area contributed by atoms with Gasteiger partial charge in [0.05, 0.1) is 19.2 Å². The van der Waals surface area contributed by atoms with Crippen LogP contribution in [0, 0.1) is 0 Å². The highest BCUT2D eigenvalue weighted by Gasteiger charge is 2.26. The van der Waals surface area contributed by atoms with Crippen molar-refractivity contribution >= 4 is 46.8 Å². The molecule has 2 aromatic carbocycles. The van der Waals surface area contributed by atoms with Gasteiger partial charge in [-0.15, -0.1) is 0 Å². The molecule has 8 nitrogen and oxygen atoms in total. The number of amides is 2. The zero-order valence-corrected chi connectivity index (χ0v) is 18.3. The summed E-state index contributed by atoms with van der Waals surface area (Å²) in [4.78, 5) is 24.0. The predicted molar refractivity (Wildman–Crippen MR) is 119 cm³/mol. The molecule has 1 aliphatic heterocycles. The van der Waals surface area contributed by atoms with Crippen LogP contribution in [0.3, 0.4) is 0 Å². The lowest BCUT2D eigenvalue weighted by atomic mass is 10.1. The van der Waals surface area contributed by atoms with E-state index in [0.29, 0.717) is 22.8 Å². The topological polar surface area (TPSA) is 95.1 Å². The molecule has 3 rings (SSSR count). The maximum Gasteiger partial charge on any atom is 0.263 e. The smallest absolute Gasteiger partial charge is 0.263 e. The number of carbonyl (C=O) groups is 2. The molecule has 1 heterocycles. The van der Waals surface area contributed by atoms with Gasteiger partial charge >= 0.3 is 0 Å². The first-order chi connectivity index (χ1) is 14.9. The van der Waals surface area contributed by atoms with Gasteiger partial charge in [0.1, 0.15) is 30.3 Å². The Kier molecular flexibility index (Phi) is 7.32. The van der Waals surface area contributed by atoms with Gasteiger partial charge in [0, 0.05) is 0 Å². The molecule has 1 saturated heterocycles. The zero-order chi connectivity index (χ0) is 22.4. The van der Waals surface area contributed by atoms with Crippen LogP contribution in [0.1, 0.15) is 5.56 Å². The number of methoxy groups -OCH3 is 2. The second-order valence-electron chi connectivity index (χ2n) is 6.20. The van der Waals surface area contributed by atoms with Crippen LogP contribution in [0.5, 0.6) is 23.0 Å². The standard InChI is InChI=1S/C21H19ClN2O6S/c1-27-13-3-5-14(6-4-13)29-7-8-30-18-16(22)10-12(11-17(18)28-2)9-15-19(25)23-21(31)24-20(15)26/h3-6,9-11H,7-8H2,1-2H3,(H2,23,24,25,26,31). The largest absolute Gasteiger partial charge is 0.497 e. The van der Waals surface area contributed by atoms with Crippen LogP contribution < -0.4 is 29.6 Å². The van der Waals surface area contributed by atoms with Gasteiger partial charge in [-0.1, -0.05) is 11.6 Å². The van der Waals surface area contributed by atoms with Crippen molar-refractivity contribution in [1.29, 1.82) is 0 Å². The van der Waals surface area contributed by atoms with E-state index in [1.807, 2.05) is 0 Å². The molecule has 31 heavy (non-hydrogen) atoms. The number of carbonyl (C=O) groups excluding carboxylic acids is 2. The Hall–Kier alpha value is -3.30. The first kappa shape index (κ1) is 22.4. The van der Waals surface area contributed by atoms with Crippen LogP contribution in [0.4, 0.5) is 0 Å². The summed E-state index contributed by atoms with van der Waals surface area (Å²) in [6.45, 7) is 0.489. The Morgan fingerprint density at radius 1 is 0.935 bits per heavy atom. The van der Waals surface area contributed by atoms with Crippen molar-refractivity contribution in [1.82, 2.24) is 10.6 Å². The van der Waals surface area contributed by atoms with E-state index < -0.39 is 11.8 Å². The van der Waals surface area contributed by atoms with Gasteiger partial charge in [0.2, 0.25) is 0 Å². The fourth-order valence-electron chi connectivity index (χ4n) is 2.71. The van der Waals surface area contributed by atoms with E-state index in [1.54, 1.807) is 43.5 Å². The molecule has 10 heteroatoms. The molecule has 1 aliphatic rings. The summed E-state index contributed by atoms with van der Waals surface area (Å²) in [5.74, 6) is 0.882. The Balaban J connectivity index is 1.67. The minimum atomic E-state index is -0.597. The Morgan fingerprint density at radius 3 is 2.16 bits per heavy atom. The van der Waals surface area contributed by atoms with Crippen molar-refractivity contribution < 1.29 is 28.5 Å². The van der Waals surface area contributed by atoms with Gasteiger partial charge in [0.25, 0.3) is 11.8 Å².